The van der Waals surface area contributed by atoms with E-state index in [0.717, 1.165) is 11.1 Å². The minimum atomic E-state index is -1.04. The molecule has 1 amide bonds. The summed E-state index contributed by atoms with van der Waals surface area (Å²) >= 11 is 1.24. The summed E-state index contributed by atoms with van der Waals surface area (Å²) in [6.45, 7) is 1.54. The van der Waals surface area contributed by atoms with Gasteiger partial charge in [-0.05, 0) is 35.7 Å². The van der Waals surface area contributed by atoms with Crippen molar-refractivity contribution < 1.29 is 19.5 Å². The predicted molar refractivity (Wildman–Crippen MR) is 113 cm³/mol. The van der Waals surface area contributed by atoms with Gasteiger partial charge in [-0.3, -0.25) is 9.59 Å². The van der Waals surface area contributed by atoms with Crippen LogP contribution in [-0.4, -0.2) is 36.2 Å². The number of rotatable bonds is 8. The molecule has 0 saturated heterocycles. The number of nitrogens with zero attached hydrogens (tertiary/aromatic N) is 1. The molecule has 0 aliphatic rings. The van der Waals surface area contributed by atoms with Crippen LogP contribution in [0.1, 0.15) is 34.8 Å². The predicted octanol–water partition coefficient (Wildman–Crippen LogP) is 3.80. The Labute approximate surface area is 168 Å². The van der Waals surface area contributed by atoms with Gasteiger partial charge in [0.2, 0.25) is 5.91 Å². The number of aryl methyl sites for hydroxylation is 1. The van der Waals surface area contributed by atoms with E-state index in [-0.39, 0.29) is 23.0 Å². The maximum atomic E-state index is 12.3. The zero-order chi connectivity index (χ0) is 20.7. The second-order valence-corrected chi connectivity index (χ2v) is 7.68. The highest BCUT2D eigenvalue weighted by molar-refractivity contribution is 8.12. The van der Waals surface area contributed by atoms with Crippen LogP contribution in [0.5, 0.6) is 0 Å². The van der Waals surface area contributed by atoms with Crippen LogP contribution >= 0.6 is 11.8 Å². The summed E-state index contributed by atoms with van der Waals surface area (Å²) in [7, 11) is 3.53. The molecule has 0 fully saturated rings. The second-order valence-electron chi connectivity index (χ2n) is 6.53. The first-order valence-corrected chi connectivity index (χ1v) is 9.81. The SMILES string of the molecule is CC(=O)SCc1ccccc1CCC(=O)Nc1ccc(N(C)C)c(C(=O)O)c1. The zero-order valence-electron chi connectivity index (χ0n) is 16.2. The van der Waals surface area contributed by atoms with E-state index in [4.69, 9.17) is 0 Å². The molecule has 0 bridgehead atoms. The molecule has 0 unspecified atom stereocenters. The molecule has 0 aliphatic heterocycles. The summed E-state index contributed by atoms with van der Waals surface area (Å²) in [6, 6.07) is 12.6. The Morgan fingerprint density at radius 1 is 1.07 bits per heavy atom. The first kappa shape index (κ1) is 21.5. The van der Waals surface area contributed by atoms with Gasteiger partial charge >= 0.3 is 5.97 Å². The highest BCUT2D eigenvalue weighted by atomic mass is 32.2. The van der Waals surface area contributed by atoms with Crippen LogP contribution in [0.25, 0.3) is 0 Å². The van der Waals surface area contributed by atoms with Crippen molar-refractivity contribution in [1.29, 1.82) is 0 Å². The third-order valence-electron chi connectivity index (χ3n) is 4.16. The Bertz CT molecular complexity index is 880. The second kappa shape index (κ2) is 9.94. The van der Waals surface area contributed by atoms with Crippen molar-refractivity contribution in [3.05, 3.63) is 59.2 Å². The van der Waals surface area contributed by atoms with Gasteiger partial charge in [-0.25, -0.2) is 4.79 Å². The largest absolute Gasteiger partial charge is 0.478 e. The molecule has 2 rings (SSSR count). The molecule has 28 heavy (non-hydrogen) atoms. The maximum absolute atomic E-state index is 12.3. The first-order valence-electron chi connectivity index (χ1n) is 8.82. The number of aromatic carboxylic acids is 1. The van der Waals surface area contributed by atoms with Gasteiger partial charge in [-0.15, -0.1) is 0 Å². The quantitative estimate of drug-likeness (QED) is 0.701. The van der Waals surface area contributed by atoms with Crippen molar-refractivity contribution in [2.75, 3.05) is 24.3 Å². The van der Waals surface area contributed by atoms with E-state index in [1.54, 1.807) is 31.1 Å². The number of carbonyl (C=O) groups is 3. The monoisotopic (exact) mass is 400 g/mol. The number of carbonyl (C=O) groups excluding carboxylic acids is 2. The Hall–Kier alpha value is -2.80. The van der Waals surface area contributed by atoms with Crippen molar-refractivity contribution >= 4 is 40.1 Å². The van der Waals surface area contributed by atoms with Gasteiger partial charge < -0.3 is 15.3 Å². The normalized spacial score (nSPS) is 10.4. The van der Waals surface area contributed by atoms with Crippen LogP contribution in [0.2, 0.25) is 0 Å². The van der Waals surface area contributed by atoms with E-state index in [0.29, 0.717) is 23.5 Å². The highest BCUT2D eigenvalue weighted by Gasteiger charge is 2.14. The summed E-state index contributed by atoms with van der Waals surface area (Å²) < 4.78 is 0. The van der Waals surface area contributed by atoms with E-state index < -0.39 is 5.97 Å². The molecular weight excluding hydrogens is 376 g/mol. The molecule has 2 aromatic carbocycles. The molecule has 0 atom stereocenters. The lowest BCUT2D eigenvalue weighted by molar-refractivity contribution is -0.116. The van der Waals surface area contributed by atoms with E-state index in [9.17, 15) is 19.5 Å². The molecule has 0 aliphatic carbocycles. The lowest BCUT2D eigenvalue weighted by Gasteiger charge is -2.16. The topological polar surface area (TPSA) is 86.7 Å². The van der Waals surface area contributed by atoms with Gasteiger partial charge in [-0.2, -0.15) is 0 Å². The van der Waals surface area contributed by atoms with Gasteiger partial charge in [-0.1, -0.05) is 36.0 Å². The zero-order valence-corrected chi connectivity index (χ0v) is 17.0. The summed E-state index contributed by atoms with van der Waals surface area (Å²) in [5.41, 5.74) is 3.23. The van der Waals surface area contributed by atoms with Gasteiger partial charge in [0.1, 0.15) is 0 Å². The van der Waals surface area contributed by atoms with Crippen LogP contribution < -0.4 is 10.2 Å². The number of carboxylic acid groups (broad SMARTS) is 1. The van der Waals surface area contributed by atoms with Crippen LogP contribution in [0.15, 0.2) is 42.5 Å². The molecule has 6 nitrogen and oxygen atoms in total. The van der Waals surface area contributed by atoms with Gasteiger partial charge in [0.25, 0.3) is 0 Å². The van der Waals surface area contributed by atoms with Crippen molar-refractivity contribution in [3.63, 3.8) is 0 Å². The van der Waals surface area contributed by atoms with Gasteiger partial charge in [0.15, 0.2) is 5.12 Å². The molecule has 0 radical (unpaired) electrons. The van der Waals surface area contributed by atoms with Gasteiger partial charge in [0, 0.05) is 38.9 Å². The lowest BCUT2D eigenvalue weighted by atomic mass is 10.0. The number of hydrogen-bond donors (Lipinski definition) is 2. The van der Waals surface area contributed by atoms with Crippen LogP contribution in [0.4, 0.5) is 11.4 Å². The summed E-state index contributed by atoms with van der Waals surface area (Å²) in [5, 5.41) is 12.2. The third kappa shape index (κ3) is 6.13. The molecule has 0 spiro atoms. The Balaban J connectivity index is 2.03. The number of hydrogen-bond acceptors (Lipinski definition) is 5. The van der Waals surface area contributed by atoms with E-state index in [1.165, 1.54) is 24.8 Å². The van der Waals surface area contributed by atoms with Crippen LogP contribution in [0.3, 0.4) is 0 Å². The summed E-state index contributed by atoms with van der Waals surface area (Å²) in [6.07, 6.45) is 0.807. The number of nitrogens with one attached hydrogen (secondary N) is 1. The van der Waals surface area contributed by atoms with Crippen molar-refractivity contribution in [1.82, 2.24) is 0 Å². The summed E-state index contributed by atoms with van der Waals surface area (Å²) in [5.74, 6) is -0.652. The summed E-state index contributed by atoms with van der Waals surface area (Å²) in [4.78, 5) is 36.7. The standard InChI is InChI=1S/C21H24N2O4S/c1-14(24)28-13-16-7-5-4-6-15(16)8-11-20(25)22-17-9-10-19(23(2)3)18(12-17)21(26)27/h4-7,9-10,12H,8,11,13H2,1-3H3,(H,22,25)(H,26,27). The molecule has 0 saturated carbocycles. The molecule has 2 N–H and O–H groups in total. The van der Waals surface area contributed by atoms with Crippen LogP contribution in [0, 0.1) is 0 Å². The minimum absolute atomic E-state index is 0.0583. The average molecular weight is 401 g/mol. The number of carboxylic acids is 1. The van der Waals surface area contributed by atoms with E-state index in [1.807, 2.05) is 24.3 Å². The van der Waals surface area contributed by atoms with E-state index in [2.05, 4.69) is 5.32 Å². The van der Waals surface area contributed by atoms with Crippen LogP contribution in [-0.2, 0) is 21.8 Å². The third-order valence-corrected chi connectivity index (χ3v) is 5.03. The molecular formula is C21H24N2O4S. The molecule has 7 heteroatoms. The molecule has 0 aromatic heterocycles. The number of anilines is 2. The van der Waals surface area contributed by atoms with Gasteiger partial charge in [0.05, 0.1) is 11.3 Å². The number of benzene rings is 2. The Kier molecular flexibility index (Phi) is 7.63. The number of amides is 1. The fraction of sp³-hybridized carbons (Fsp3) is 0.286. The highest BCUT2D eigenvalue weighted by Crippen LogP contribution is 2.23. The molecule has 148 valence electrons. The first-order chi connectivity index (χ1) is 13.3. The van der Waals surface area contributed by atoms with Crippen molar-refractivity contribution in [2.45, 2.75) is 25.5 Å². The Morgan fingerprint density at radius 3 is 2.36 bits per heavy atom. The van der Waals surface area contributed by atoms with E-state index >= 15 is 0 Å². The maximum Gasteiger partial charge on any atom is 0.337 e. The lowest BCUT2D eigenvalue weighted by Crippen LogP contribution is -2.16. The number of thioether (sulfide) groups is 1. The fourth-order valence-electron chi connectivity index (χ4n) is 2.77. The fourth-order valence-corrected chi connectivity index (χ4v) is 3.41. The smallest absolute Gasteiger partial charge is 0.337 e. The Morgan fingerprint density at radius 2 is 1.75 bits per heavy atom. The molecule has 0 heterocycles. The average Bonchev–Trinajstić information content (AvgIpc) is 2.65. The molecule has 2 aromatic rings. The minimum Gasteiger partial charge on any atom is -0.478 e. The van der Waals surface area contributed by atoms with Crippen molar-refractivity contribution in [3.8, 4) is 0 Å². The van der Waals surface area contributed by atoms with Crippen molar-refractivity contribution in [2.24, 2.45) is 0 Å².